The lowest BCUT2D eigenvalue weighted by molar-refractivity contribution is 1.20. The molecule has 0 fully saturated rings. The topological polar surface area (TPSA) is 32.9 Å². The number of aromatic amines is 1. The van der Waals surface area contributed by atoms with E-state index in [9.17, 15) is 4.79 Å². The summed E-state index contributed by atoms with van der Waals surface area (Å²) in [5.41, 5.74) is 1.06. The van der Waals surface area contributed by atoms with Gasteiger partial charge in [-0.1, -0.05) is 6.32 Å². The molecule has 0 aliphatic carbocycles. The molecule has 1 aromatic heterocycles. The third-order valence-electron chi connectivity index (χ3n) is 1.25. The Morgan fingerprint density at radius 2 is 2.44 bits per heavy atom. The van der Waals surface area contributed by atoms with Crippen LogP contribution < -0.4 is 5.56 Å². The number of rotatable bonds is 1. The molecule has 1 heterocycles. The first-order valence-electron chi connectivity index (χ1n) is 3.00. The second kappa shape index (κ2) is 2.53. The maximum atomic E-state index is 10.6. The first kappa shape index (κ1) is 6.14. The summed E-state index contributed by atoms with van der Waals surface area (Å²) in [6.45, 7) is 0. The summed E-state index contributed by atoms with van der Waals surface area (Å²) in [7, 11) is 2.02. The lowest BCUT2D eigenvalue weighted by atomic mass is 9.98. The van der Waals surface area contributed by atoms with Crippen molar-refractivity contribution in [1.29, 1.82) is 0 Å². The molecule has 0 aliphatic heterocycles. The summed E-state index contributed by atoms with van der Waals surface area (Å²) in [5, 5.41) is 0. The second-order valence-electron chi connectivity index (χ2n) is 1.91. The van der Waals surface area contributed by atoms with Crippen molar-refractivity contribution in [3.63, 3.8) is 0 Å². The van der Waals surface area contributed by atoms with Crippen LogP contribution in [0, 0.1) is 0 Å². The number of nitrogens with one attached hydrogen (secondary N) is 1. The second-order valence-corrected chi connectivity index (χ2v) is 1.91. The van der Waals surface area contributed by atoms with Gasteiger partial charge in [0.25, 0.3) is 0 Å². The fourth-order valence-electron chi connectivity index (χ4n) is 0.709. The minimum absolute atomic E-state index is 0.0191. The Hall–Kier alpha value is -0.985. The van der Waals surface area contributed by atoms with E-state index >= 15 is 0 Å². The van der Waals surface area contributed by atoms with Gasteiger partial charge in [0.2, 0.25) is 5.56 Å². The van der Waals surface area contributed by atoms with Gasteiger partial charge in [0, 0.05) is 12.3 Å². The maximum absolute atomic E-state index is 10.6. The molecule has 0 unspecified atom stereocenters. The highest BCUT2D eigenvalue weighted by Crippen LogP contribution is 1.88. The van der Waals surface area contributed by atoms with Crippen molar-refractivity contribution < 1.29 is 0 Å². The average molecular weight is 121 g/mol. The Bertz CT molecular complexity index is 243. The molecular formula is C6H8BNO. The summed E-state index contributed by atoms with van der Waals surface area (Å²) in [6, 6.07) is 3.52. The van der Waals surface area contributed by atoms with Crippen LogP contribution in [0.2, 0.25) is 0 Å². The lowest BCUT2D eigenvalue weighted by Crippen LogP contribution is -2.03. The van der Waals surface area contributed by atoms with E-state index in [1.807, 2.05) is 13.9 Å². The third kappa shape index (κ3) is 1.45. The smallest absolute Gasteiger partial charge is 0.248 e. The molecular weight excluding hydrogens is 113 g/mol. The van der Waals surface area contributed by atoms with E-state index in [0.717, 1.165) is 11.9 Å². The van der Waals surface area contributed by atoms with Crippen LogP contribution in [0.3, 0.4) is 0 Å². The molecule has 2 nitrogen and oxygen atoms in total. The standard InChI is InChI=1S/C6H8BNO/c7-4-5-1-2-8-6(9)3-5/h1-3H,4,7H2,(H,8,9). The van der Waals surface area contributed by atoms with Crippen LogP contribution in [0.4, 0.5) is 0 Å². The first-order chi connectivity index (χ1) is 4.33. The van der Waals surface area contributed by atoms with Crippen molar-refractivity contribution in [2.24, 2.45) is 0 Å². The molecule has 0 saturated carbocycles. The molecule has 1 N–H and O–H groups in total. The highest BCUT2D eigenvalue weighted by molar-refractivity contribution is 6.08. The molecule has 46 valence electrons. The predicted octanol–water partition coefficient (Wildman–Crippen LogP) is -0.492. The average Bonchev–Trinajstić information content (AvgIpc) is 1.88. The summed E-state index contributed by atoms with van der Waals surface area (Å²) in [4.78, 5) is 13.1. The van der Waals surface area contributed by atoms with Gasteiger partial charge in [0.15, 0.2) is 0 Å². The van der Waals surface area contributed by atoms with Crippen LogP contribution in [0.25, 0.3) is 0 Å². The summed E-state index contributed by atoms with van der Waals surface area (Å²) in [6.07, 6.45) is 2.59. The lowest BCUT2D eigenvalue weighted by Gasteiger charge is -1.89. The maximum Gasteiger partial charge on any atom is 0.248 e. The molecule has 0 atom stereocenters. The first-order valence-corrected chi connectivity index (χ1v) is 3.00. The van der Waals surface area contributed by atoms with E-state index < -0.39 is 0 Å². The van der Waals surface area contributed by atoms with E-state index in [2.05, 4.69) is 4.98 Å². The van der Waals surface area contributed by atoms with Gasteiger partial charge in [-0.25, -0.2) is 0 Å². The van der Waals surface area contributed by atoms with E-state index in [1.165, 1.54) is 0 Å². The number of aromatic nitrogens is 1. The van der Waals surface area contributed by atoms with Gasteiger partial charge in [-0.05, 0) is 11.6 Å². The van der Waals surface area contributed by atoms with Crippen molar-refractivity contribution >= 4 is 7.85 Å². The Balaban J connectivity index is 3.08. The summed E-state index contributed by atoms with van der Waals surface area (Å²) >= 11 is 0. The highest BCUT2D eigenvalue weighted by atomic mass is 16.1. The van der Waals surface area contributed by atoms with Crippen LogP contribution in [0.1, 0.15) is 5.56 Å². The molecule has 9 heavy (non-hydrogen) atoms. The molecule has 3 heteroatoms. The minimum atomic E-state index is -0.0191. The van der Waals surface area contributed by atoms with Crippen molar-refractivity contribution in [2.45, 2.75) is 6.32 Å². The number of pyridine rings is 1. The fourth-order valence-corrected chi connectivity index (χ4v) is 0.709. The van der Waals surface area contributed by atoms with Gasteiger partial charge in [-0.15, -0.1) is 0 Å². The van der Waals surface area contributed by atoms with E-state index in [1.54, 1.807) is 12.3 Å². The predicted molar refractivity (Wildman–Crippen MR) is 39.3 cm³/mol. The Labute approximate surface area is 54.3 Å². The van der Waals surface area contributed by atoms with Crippen molar-refractivity contribution in [3.8, 4) is 0 Å². The molecule has 0 bridgehead atoms. The molecule has 0 saturated heterocycles. The summed E-state index contributed by atoms with van der Waals surface area (Å²) in [5.74, 6) is 0. The van der Waals surface area contributed by atoms with Gasteiger partial charge in [-0.2, -0.15) is 0 Å². The zero-order valence-corrected chi connectivity index (χ0v) is 5.35. The van der Waals surface area contributed by atoms with Crippen LogP contribution in [-0.2, 0) is 6.32 Å². The van der Waals surface area contributed by atoms with Gasteiger partial charge < -0.3 is 4.98 Å². The van der Waals surface area contributed by atoms with Crippen LogP contribution in [0.15, 0.2) is 23.1 Å². The normalized spacial score (nSPS) is 9.33. The van der Waals surface area contributed by atoms with Crippen molar-refractivity contribution in [1.82, 2.24) is 4.98 Å². The quantitative estimate of drug-likeness (QED) is 0.499. The highest BCUT2D eigenvalue weighted by Gasteiger charge is 1.85. The van der Waals surface area contributed by atoms with Gasteiger partial charge in [0.05, 0.1) is 0 Å². The molecule has 0 spiro atoms. The largest absolute Gasteiger partial charge is 0.329 e. The van der Waals surface area contributed by atoms with Crippen molar-refractivity contribution in [3.05, 3.63) is 34.2 Å². The SMILES string of the molecule is BCc1cc[nH]c(=O)c1. The Kier molecular flexibility index (Phi) is 1.73. The molecule has 0 radical (unpaired) electrons. The van der Waals surface area contributed by atoms with Gasteiger partial charge in [0.1, 0.15) is 7.85 Å². The molecule has 0 aliphatic rings. The van der Waals surface area contributed by atoms with Gasteiger partial charge in [-0.3, -0.25) is 4.79 Å². The van der Waals surface area contributed by atoms with Crippen LogP contribution in [-0.4, -0.2) is 12.8 Å². The molecule has 1 aromatic rings. The Morgan fingerprint density at radius 3 is 2.89 bits per heavy atom. The minimum Gasteiger partial charge on any atom is -0.329 e. The molecule has 0 amide bonds. The summed E-state index contributed by atoms with van der Waals surface area (Å²) < 4.78 is 0. The fraction of sp³-hybridized carbons (Fsp3) is 0.167. The Morgan fingerprint density at radius 1 is 1.67 bits per heavy atom. The van der Waals surface area contributed by atoms with Crippen LogP contribution >= 0.6 is 0 Å². The monoisotopic (exact) mass is 121 g/mol. The van der Waals surface area contributed by atoms with Crippen LogP contribution in [0.5, 0.6) is 0 Å². The van der Waals surface area contributed by atoms with Gasteiger partial charge >= 0.3 is 0 Å². The van der Waals surface area contributed by atoms with E-state index in [4.69, 9.17) is 0 Å². The van der Waals surface area contributed by atoms with E-state index in [-0.39, 0.29) is 5.56 Å². The van der Waals surface area contributed by atoms with E-state index in [0.29, 0.717) is 0 Å². The third-order valence-corrected chi connectivity index (χ3v) is 1.25. The number of H-pyrrole nitrogens is 1. The molecule has 1 rings (SSSR count). The number of hydrogen-bond donors (Lipinski definition) is 1. The van der Waals surface area contributed by atoms with Crippen molar-refractivity contribution in [2.75, 3.05) is 0 Å². The zero-order chi connectivity index (χ0) is 6.69. The molecule has 0 aromatic carbocycles. The zero-order valence-electron chi connectivity index (χ0n) is 5.35. The number of hydrogen-bond acceptors (Lipinski definition) is 1.